The number of hydrogen-bond acceptors (Lipinski definition) is 3. The first-order valence-electron chi connectivity index (χ1n) is 8.29. The minimum absolute atomic E-state index is 0.158. The van der Waals surface area contributed by atoms with Crippen molar-refractivity contribution in [2.45, 2.75) is 13.3 Å². The number of benzene rings is 2. The first-order valence-corrected chi connectivity index (χ1v) is 8.29. The molecule has 1 aliphatic heterocycles. The van der Waals surface area contributed by atoms with Gasteiger partial charge >= 0.3 is 0 Å². The van der Waals surface area contributed by atoms with E-state index in [4.69, 9.17) is 4.74 Å². The third-order valence-electron chi connectivity index (χ3n) is 3.87. The maximum absolute atomic E-state index is 12.1. The fourth-order valence-corrected chi connectivity index (χ4v) is 2.67. The van der Waals surface area contributed by atoms with Crippen molar-refractivity contribution in [3.63, 3.8) is 0 Å². The van der Waals surface area contributed by atoms with Gasteiger partial charge in [-0.05, 0) is 54.5 Å². The zero-order valence-electron chi connectivity index (χ0n) is 14.0. The fourth-order valence-electron chi connectivity index (χ4n) is 2.67. The molecule has 2 amide bonds. The molecule has 0 fully saturated rings. The molecule has 2 N–H and O–H groups in total. The quantitative estimate of drug-likeness (QED) is 0.825. The summed E-state index contributed by atoms with van der Waals surface area (Å²) in [5.74, 6) is 0.517. The average molecular weight is 336 g/mol. The van der Waals surface area contributed by atoms with Crippen molar-refractivity contribution in [1.82, 2.24) is 5.32 Å². The van der Waals surface area contributed by atoms with Gasteiger partial charge in [0.2, 0.25) is 5.91 Å². The van der Waals surface area contributed by atoms with E-state index in [-0.39, 0.29) is 11.8 Å². The smallest absolute Gasteiger partial charge is 0.251 e. The number of anilines is 1. The van der Waals surface area contributed by atoms with Gasteiger partial charge in [-0.15, -0.1) is 0 Å². The maximum Gasteiger partial charge on any atom is 0.251 e. The van der Waals surface area contributed by atoms with Crippen molar-refractivity contribution in [1.29, 1.82) is 0 Å². The van der Waals surface area contributed by atoms with Crippen molar-refractivity contribution in [3.8, 4) is 5.75 Å². The van der Waals surface area contributed by atoms with Gasteiger partial charge in [0, 0.05) is 30.3 Å². The van der Waals surface area contributed by atoms with Crippen molar-refractivity contribution < 1.29 is 14.3 Å². The summed E-state index contributed by atoms with van der Waals surface area (Å²) in [6, 6.07) is 12.7. The molecule has 1 aliphatic rings. The SMILES string of the molecule is CCNC(=O)c1cccc(NC(=O)C=Cc2ccc3c(c2)CCO3)c1. The maximum atomic E-state index is 12.1. The van der Waals surface area contributed by atoms with Gasteiger partial charge in [0.25, 0.3) is 5.91 Å². The molecule has 2 aromatic carbocycles. The van der Waals surface area contributed by atoms with Gasteiger partial charge in [-0.25, -0.2) is 0 Å². The van der Waals surface area contributed by atoms with E-state index in [9.17, 15) is 9.59 Å². The number of carbonyl (C=O) groups excluding carboxylic acids is 2. The summed E-state index contributed by atoms with van der Waals surface area (Å²) in [4.78, 5) is 23.9. The third kappa shape index (κ3) is 4.26. The van der Waals surface area contributed by atoms with Crippen LogP contribution in [0.15, 0.2) is 48.5 Å². The van der Waals surface area contributed by atoms with Crippen LogP contribution < -0.4 is 15.4 Å². The molecule has 1 heterocycles. The lowest BCUT2D eigenvalue weighted by molar-refractivity contribution is -0.111. The molecule has 3 rings (SSSR count). The van der Waals surface area contributed by atoms with Crippen molar-refractivity contribution in [3.05, 3.63) is 65.2 Å². The minimum Gasteiger partial charge on any atom is -0.493 e. The standard InChI is InChI=1S/C20H20N2O3/c1-2-21-20(24)16-4-3-5-17(13-16)22-19(23)9-7-14-6-8-18-15(12-14)10-11-25-18/h3-9,12-13H,2,10-11H2,1H3,(H,21,24)(H,22,23). The molecule has 128 valence electrons. The summed E-state index contributed by atoms with van der Waals surface area (Å²) < 4.78 is 5.47. The molecule has 0 aromatic heterocycles. The summed E-state index contributed by atoms with van der Waals surface area (Å²) in [5, 5.41) is 5.51. The molecule has 2 aromatic rings. The molecule has 0 saturated heterocycles. The van der Waals surface area contributed by atoms with Crippen LogP contribution >= 0.6 is 0 Å². The molecular weight excluding hydrogens is 316 g/mol. The van der Waals surface area contributed by atoms with E-state index in [2.05, 4.69) is 10.6 Å². The Kier molecular flexibility index (Phi) is 5.14. The largest absolute Gasteiger partial charge is 0.493 e. The van der Waals surface area contributed by atoms with E-state index in [0.29, 0.717) is 24.4 Å². The highest BCUT2D eigenvalue weighted by Gasteiger charge is 2.11. The van der Waals surface area contributed by atoms with Gasteiger partial charge in [-0.3, -0.25) is 9.59 Å². The van der Waals surface area contributed by atoms with Crippen LogP contribution in [0.3, 0.4) is 0 Å². The highest BCUT2D eigenvalue weighted by atomic mass is 16.5. The zero-order chi connectivity index (χ0) is 17.6. The molecular formula is C20H20N2O3. The molecule has 0 atom stereocenters. The summed E-state index contributed by atoms with van der Waals surface area (Å²) in [6.07, 6.45) is 4.15. The van der Waals surface area contributed by atoms with Crippen molar-refractivity contribution in [2.75, 3.05) is 18.5 Å². The van der Waals surface area contributed by atoms with Crippen molar-refractivity contribution in [2.24, 2.45) is 0 Å². The highest BCUT2D eigenvalue weighted by Crippen LogP contribution is 2.26. The Morgan fingerprint density at radius 1 is 1.20 bits per heavy atom. The molecule has 0 unspecified atom stereocenters. The Morgan fingerprint density at radius 2 is 2.08 bits per heavy atom. The average Bonchev–Trinajstić information content (AvgIpc) is 3.08. The lowest BCUT2D eigenvalue weighted by atomic mass is 10.1. The van der Waals surface area contributed by atoms with E-state index in [1.807, 2.05) is 25.1 Å². The number of amides is 2. The van der Waals surface area contributed by atoms with Crippen LogP contribution in [0.25, 0.3) is 6.08 Å². The first kappa shape index (κ1) is 16.8. The molecule has 25 heavy (non-hydrogen) atoms. The Bertz CT molecular complexity index is 827. The summed E-state index contributed by atoms with van der Waals surface area (Å²) in [5.41, 5.74) is 3.22. The molecule has 0 saturated carbocycles. The van der Waals surface area contributed by atoms with E-state index in [1.54, 1.807) is 30.3 Å². The van der Waals surface area contributed by atoms with Gasteiger partial charge in [-0.2, -0.15) is 0 Å². The second-order valence-corrected chi connectivity index (χ2v) is 5.73. The lowest BCUT2D eigenvalue weighted by Crippen LogP contribution is -2.22. The Balaban J connectivity index is 1.64. The molecule has 0 spiro atoms. The van der Waals surface area contributed by atoms with E-state index >= 15 is 0 Å². The van der Waals surface area contributed by atoms with E-state index < -0.39 is 0 Å². The molecule has 0 radical (unpaired) electrons. The summed E-state index contributed by atoms with van der Waals surface area (Å²) in [7, 11) is 0. The second-order valence-electron chi connectivity index (χ2n) is 5.73. The van der Waals surface area contributed by atoms with Crippen LogP contribution in [-0.2, 0) is 11.2 Å². The first-order chi connectivity index (χ1) is 12.2. The highest BCUT2D eigenvalue weighted by molar-refractivity contribution is 6.03. The Labute approximate surface area is 146 Å². The minimum atomic E-state index is -0.246. The van der Waals surface area contributed by atoms with Gasteiger partial charge in [-0.1, -0.05) is 12.1 Å². The van der Waals surface area contributed by atoms with Crippen molar-refractivity contribution >= 4 is 23.6 Å². The monoisotopic (exact) mass is 336 g/mol. The number of fused-ring (bicyclic) bond motifs is 1. The van der Waals surface area contributed by atoms with E-state index in [1.165, 1.54) is 6.08 Å². The predicted molar refractivity (Wildman–Crippen MR) is 97.8 cm³/mol. The van der Waals surface area contributed by atoms with Gasteiger partial charge in [0.1, 0.15) is 5.75 Å². The van der Waals surface area contributed by atoms with Crippen LogP contribution in [0, 0.1) is 0 Å². The number of carbonyl (C=O) groups is 2. The van der Waals surface area contributed by atoms with Crippen LogP contribution in [0.1, 0.15) is 28.4 Å². The topological polar surface area (TPSA) is 67.4 Å². The normalized spacial score (nSPS) is 12.5. The predicted octanol–water partition coefficient (Wildman–Crippen LogP) is 3.02. The number of nitrogens with one attached hydrogen (secondary N) is 2. The van der Waals surface area contributed by atoms with Gasteiger partial charge in [0.15, 0.2) is 0 Å². The molecule has 0 bridgehead atoms. The summed E-state index contributed by atoms with van der Waals surface area (Å²) >= 11 is 0. The Hall–Kier alpha value is -3.08. The molecule has 0 aliphatic carbocycles. The van der Waals surface area contributed by atoms with Crippen LogP contribution in [0.4, 0.5) is 5.69 Å². The van der Waals surface area contributed by atoms with Crippen LogP contribution in [0.2, 0.25) is 0 Å². The number of hydrogen-bond donors (Lipinski definition) is 2. The molecule has 5 heteroatoms. The van der Waals surface area contributed by atoms with Gasteiger partial charge < -0.3 is 15.4 Å². The Morgan fingerprint density at radius 3 is 2.92 bits per heavy atom. The van der Waals surface area contributed by atoms with E-state index in [0.717, 1.165) is 23.3 Å². The molecule has 5 nitrogen and oxygen atoms in total. The third-order valence-corrected chi connectivity index (χ3v) is 3.87. The van der Waals surface area contributed by atoms with Crippen LogP contribution in [0.5, 0.6) is 5.75 Å². The fraction of sp³-hybridized carbons (Fsp3) is 0.200. The van der Waals surface area contributed by atoms with Gasteiger partial charge in [0.05, 0.1) is 6.61 Å². The zero-order valence-corrected chi connectivity index (χ0v) is 14.0. The number of ether oxygens (including phenoxy) is 1. The summed E-state index contributed by atoms with van der Waals surface area (Å²) in [6.45, 7) is 3.13. The second kappa shape index (κ2) is 7.66. The lowest BCUT2D eigenvalue weighted by Gasteiger charge is -2.06. The van der Waals surface area contributed by atoms with Crippen LogP contribution in [-0.4, -0.2) is 25.0 Å². The number of rotatable bonds is 5.